The van der Waals surface area contributed by atoms with Gasteiger partial charge in [0.25, 0.3) is 0 Å². The maximum absolute atomic E-state index is 9.77. The van der Waals surface area contributed by atoms with Crippen molar-refractivity contribution in [3.8, 4) is 0 Å². The summed E-state index contributed by atoms with van der Waals surface area (Å²) >= 11 is 0. The van der Waals surface area contributed by atoms with Gasteiger partial charge in [-0.05, 0) is 0 Å². The molecule has 8 heavy (non-hydrogen) atoms. The van der Waals surface area contributed by atoms with Crippen molar-refractivity contribution in [3.05, 3.63) is 0 Å². The number of carbonyl (C=O) groups is 1. The van der Waals surface area contributed by atoms with Crippen LogP contribution in [-0.4, -0.2) is 30.7 Å². The number of carboxylic acid groups (broad SMARTS) is 1. The summed E-state index contributed by atoms with van der Waals surface area (Å²) in [5, 5.41) is 10.6. The van der Waals surface area contributed by atoms with Crippen molar-refractivity contribution in [2.45, 2.75) is 0 Å². The van der Waals surface area contributed by atoms with Gasteiger partial charge < -0.3 is 16.2 Å². The minimum absolute atomic E-state index is 0.00278. The van der Waals surface area contributed by atoms with Crippen LogP contribution < -0.4 is 11.1 Å². The van der Waals surface area contributed by atoms with E-state index in [1.165, 1.54) is 0 Å². The SMILES string of the molecule is NCCNCC(=O)O. The van der Waals surface area contributed by atoms with Gasteiger partial charge in [0, 0.05) is 13.1 Å². The largest absolute Gasteiger partial charge is 0.480 e. The fourth-order valence-corrected chi connectivity index (χ4v) is 0.297. The Hall–Kier alpha value is -0.610. The van der Waals surface area contributed by atoms with E-state index in [4.69, 9.17) is 10.8 Å². The lowest BCUT2D eigenvalue weighted by Gasteiger charge is -1.94. The van der Waals surface area contributed by atoms with Crippen LogP contribution in [0, 0.1) is 0 Å². The number of rotatable bonds is 4. The average Bonchev–Trinajstić information content (AvgIpc) is 1.66. The smallest absolute Gasteiger partial charge is 0.317 e. The first-order chi connectivity index (χ1) is 3.77. The summed E-state index contributed by atoms with van der Waals surface area (Å²) in [6, 6.07) is 0. The van der Waals surface area contributed by atoms with Crippen LogP contribution in [0.5, 0.6) is 0 Å². The fraction of sp³-hybridized carbons (Fsp3) is 0.750. The molecule has 0 aliphatic carbocycles. The van der Waals surface area contributed by atoms with Crippen molar-refractivity contribution in [1.29, 1.82) is 0 Å². The molecule has 48 valence electrons. The Bertz CT molecular complexity index is 74.4. The van der Waals surface area contributed by atoms with E-state index in [9.17, 15) is 4.79 Å². The third-order valence-electron chi connectivity index (χ3n) is 0.597. The van der Waals surface area contributed by atoms with E-state index in [0.29, 0.717) is 13.1 Å². The highest BCUT2D eigenvalue weighted by Crippen LogP contribution is 1.56. The fourth-order valence-electron chi connectivity index (χ4n) is 0.297. The summed E-state index contributed by atoms with van der Waals surface area (Å²) in [6.45, 7) is 1.04. The molecule has 0 saturated carbocycles. The zero-order valence-electron chi connectivity index (χ0n) is 4.55. The predicted molar refractivity (Wildman–Crippen MR) is 29.6 cm³/mol. The highest BCUT2D eigenvalue weighted by Gasteiger charge is 1.90. The molecule has 4 N–H and O–H groups in total. The van der Waals surface area contributed by atoms with Gasteiger partial charge in [-0.15, -0.1) is 0 Å². The lowest BCUT2D eigenvalue weighted by Crippen LogP contribution is -2.27. The molecule has 0 unspecified atom stereocenters. The zero-order chi connectivity index (χ0) is 6.41. The second kappa shape index (κ2) is 4.55. The normalized spacial score (nSPS) is 9.12. The van der Waals surface area contributed by atoms with E-state index in [0.717, 1.165) is 0 Å². The Kier molecular flexibility index (Phi) is 4.20. The van der Waals surface area contributed by atoms with E-state index < -0.39 is 5.97 Å². The summed E-state index contributed by atoms with van der Waals surface area (Å²) in [6.07, 6.45) is 0. The molecule has 0 saturated heterocycles. The first-order valence-electron chi connectivity index (χ1n) is 2.40. The van der Waals surface area contributed by atoms with Crippen molar-refractivity contribution >= 4 is 5.97 Å². The van der Waals surface area contributed by atoms with Crippen LogP contribution >= 0.6 is 0 Å². The Morgan fingerprint density at radius 2 is 2.38 bits per heavy atom. The minimum atomic E-state index is -0.849. The Labute approximate surface area is 47.7 Å². The van der Waals surface area contributed by atoms with Crippen LogP contribution in [0.2, 0.25) is 0 Å². The average molecular weight is 118 g/mol. The number of nitrogens with two attached hydrogens (primary N) is 1. The standard InChI is InChI=1S/C4H10N2O2/c5-1-2-6-3-4(7)8/h6H,1-3,5H2,(H,7,8). The van der Waals surface area contributed by atoms with Crippen molar-refractivity contribution in [2.75, 3.05) is 19.6 Å². The second-order valence-corrected chi connectivity index (χ2v) is 1.36. The Balaban J connectivity index is 2.82. The third kappa shape index (κ3) is 5.39. The van der Waals surface area contributed by atoms with E-state index >= 15 is 0 Å². The van der Waals surface area contributed by atoms with Crippen LogP contribution in [0.4, 0.5) is 0 Å². The molecular formula is C4H10N2O2. The number of carboxylic acids is 1. The first kappa shape index (κ1) is 7.39. The lowest BCUT2D eigenvalue weighted by atomic mass is 10.6. The first-order valence-corrected chi connectivity index (χ1v) is 2.40. The lowest BCUT2D eigenvalue weighted by molar-refractivity contribution is -0.135. The van der Waals surface area contributed by atoms with Crippen molar-refractivity contribution in [2.24, 2.45) is 5.73 Å². The van der Waals surface area contributed by atoms with Crippen molar-refractivity contribution in [3.63, 3.8) is 0 Å². The second-order valence-electron chi connectivity index (χ2n) is 1.36. The molecule has 0 spiro atoms. The summed E-state index contributed by atoms with van der Waals surface area (Å²) in [7, 11) is 0. The van der Waals surface area contributed by atoms with Crippen LogP contribution in [0.15, 0.2) is 0 Å². The van der Waals surface area contributed by atoms with Gasteiger partial charge in [-0.3, -0.25) is 4.79 Å². The van der Waals surface area contributed by atoms with E-state index in [2.05, 4.69) is 5.32 Å². The van der Waals surface area contributed by atoms with Gasteiger partial charge in [0.05, 0.1) is 6.54 Å². The maximum atomic E-state index is 9.77. The molecule has 0 bridgehead atoms. The summed E-state index contributed by atoms with van der Waals surface area (Å²) in [5.74, 6) is -0.849. The highest BCUT2D eigenvalue weighted by molar-refractivity contribution is 5.68. The Morgan fingerprint density at radius 3 is 2.75 bits per heavy atom. The molecule has 0 fully saturated rings. The van der Waals surface area contributed by atoms with Gasteiger partial charge in [-0.2, -0.15) is 0 Å². The quantitative estimate of drug-likeness (QED) is 0.398. The van der Waals surface area contributed by atoms with Gasteiger partial charge >= 0.3 is 5.97 Å². The van der Waals surface area contributed by atoms with E-state index in [1.807, 2.05) is 0 Å². The van der Waals surface area contributed by atoms with Gasteiger partial charge in [0.15, 0.2) is 0 Å². The maximum Gasteiger partial charge on any atom is 0.317 e. The summed E-state index contributed by atoms with van der Waals surface area (Å²) in [4.78, 5) is 9.77. The van der Waals surface area contributed by atoms with Crippen molar-refractivity contribution in [1.82, 2.24) is 5.32 Å². The molecule has 0 aromatic heterocycles. The zero-order valence-corrected chi connectivity index (χ0v) is 4.55. The molecule has 0 heterocycles. The van der Waals surface area contributed by atoms with Gasteiger partial charge in [0.2, 0.25) is 0 Å². The van der Waals surface area contributed by atoms with Crippen LogP contribution in [0.3, 0.4) is 0 Å². The molecule has 0 aromatic carbocycles. The van der Waals surface area contributed by atoms with Crippen LogP contribution in [0.25, 0.3) is 0 Å². The highest BCUT2D eigenvalue weighted by atomic mass is 16.4. The monoisotopic (exact) mass is 118 g/mol. The van der Waals surface area contributed by atoms with Crippen molar-refractivity contribution < 1.29 is 9.90 Å². The molecule has 0 aromatic rings. The van der Waals surface area contributed by atoms with Gasteiger partial charge in [-0.25, -0.2) is 0 Å². The van der Waals surface area contributed by atoms with E-state index in [1.54, 1.807) is 0 Å². The number of hydrogen-bond donors (Lipinski definition) is 3. The summed E-state index contributed by atoms with van der Waals surface area (Å²) < 4.78 is 0. The molecule has 0 rings (SSSR count). The summed E-state index contributed by atoms with van der Waals surface area (Å²) in [5.41, 5.74) is 5.06. The molecule has 0 aliphatic rings. The molecule has 0 radical (unpaired) electrons. The molecule has 4 heteroatoms. The van der Waals surface area contributed by atoms with Crippen LogP contribution in [0.1, 0.15) is 0 Å². The topological polar surface area (TPSA) is 75.3 Å². The molecule has 4 nitrogen and oxygen atoms in total. The molecule has 0 aliphatic heterocycles. The minimum Gasteiger partial charge on any atom is -0.480 e. The number of nitrogens with one attached hydrogen (secondary N) is 1. The van der Waals surface area contributed by atoms with Gasteiger partial charge in [0.1, 0.15) is 0 Å². The molecular weight excluding hydrogens is 108 g/mol. The third-order valence-corrected chi connectivity index (χ3v) is 0.597. The molecule has 0 atom stereocenters. The van der Waals surface area contributed by atoms with Crippen LogP contribution in [-0.2, 0) is 4.79 Å². The number of aliphatic carboxylic acids is 1. The predicted octanol–water partition coefficient (Wildman–Crippen LogP) is -1.38. The Morgan fingerprint density at radius 1 is 1.75 bits per heavy atom. The molecule has 0 amide bonds. The van der Waals surface area contributed by atoms with Gasteiger partial charge in [-0.1, -0.05) is 0 Å². The number of hydrogen-bond acceptors (Lipinski definition) is 3. The van der Waals surface area contributed by atoms with E-state index in [-0.39, 0.29) is 6.54 Å².